The minimum atomic E-state index is -0.683. The predicted molar refractivity (Wildman–Crippen MR) is 64.5 cm³/mol. The lowest BCUT2D eigenvalue weighted by Gasteiger charge is -2.01. The van der Waals surface area contributed by atoms with Crippen molar-refractivity contribution in [3.63, 3.8) is 0 Å². The second-order valence-corrected chi connectivity index (χ2v) is 4.02. The van der Waals surface area contributed by atoms with Crippen LogP contribution in [-0.4, -0.2) is 22.7 Å². The SMILES string of the molecule is CCOC(=O)c1noc(Cc2c(F)cccc2Cl)n1. The molecule has 0 bridgehead atoms. The summed E-state index contributed by atoms with van der Waals surface area (Å²) in [5, 5.41) is 3.72. The Hall–Kier alpha value is -1.95. The van der Waals surface area contributed by atoms with E-state index in [4.69, 9.17) is 20.9 Å². The maximum Gasteiger partial charge on any atom is 0.379 e. The van der Waals surface area contributed by atoms with Crippen molar-refractivity contribution in [1.29, 1.82) is 0 Å². The number of benzene rings is 1. The van der Waals surface area contributed by atoms with Crippen LogP contribution in [0.15, 0.2) is 22.7 Å². The van der Waals surface area contributed by atoms with Crippen molar-refractivity contribution >= 4 is 17.6 Å². The van der Waals surface area contributed by atoms with Crippen LogP contribution in [0.25, 0.3) is 0 Å². The van der Waals surface area contributed by atoms with Crippen molar-refractivity contribution in [2.24, 2.45) is 0 Å². The van der Waals surface area contributed by atoms with Crippen LogP contribution in [0.2, 0.25) is 5.02 Å². The maximum atomic E-state index is 13.6. The van der Waals surface area contributed by atoms with Gasteiger partial charge in [-0.3, -0.25) is 0 Å². The van der Waals surface area contributed by atoms with E-state index in [1.807, 2.05) is 0 Å². The van der Waals surface area contributed by atoms with E-state index in [1.165, 1.54) is 12.1 Å². The number of aromatic nitrogens is 2. The van der Waals surface area contributed by atoms with Gasteiger partial charge in [0.25, 0.3) is 5.82 Å². The largest absolute Gasteiger partial charge is 0.460 e. The molecule has 0 spiro atoms. The van der Waals surface area contributed by atoms with Crippen molar-refractivity contribution < 1.29 is 18.4 Å². The van der Waals surface area contributed by atoms with E-state index in [9.17, 15) is 9.18 Å². The normalized spacial score (nSPS) is 10.5. The summed E-state index contributed by atoms with van der Waals surface area (Å²) in [6.45, 7) is 1.87. The van der Waals surface area contributed by atoms with Crippen molar-refractivity contribution in [3.05, 3.63) is 46.3 Å². The summed E-state index contributed by atoms with van der Waals surface area (Å²) in [7, 11) is 0. The van der Waals surface area contributed by atoms with Gasteiger partial charge in [0.2, 0.25) is 5.89 Å². The molecule has 100 valence electrons. The highest BCUT2D eigenvalue weighted by Crippen LogP contribution is 2.21. The number of rotatable bonds is 4. The molecule has 0 aliphatic rings. The monoisotopic (exact) mass is 284 g/mol. The fourth-order valence-electron chi connectivity index (χ4n) is 1.46. The molecule has 1 aromatic heterocycles. The van der Waals surface area contributed by atoms with Crippen LogP contribution in [-0.2, 0) is 11.2 Å². The van der Waals surface area contributed by atoms with Crippen molar-refractivity contribution in [2.75, 3.05) is 6.61 Å². The van der Waals surface area contributed by atoms with Crippen LogP contribution >= 0.6 is 11.6 Å². The lowest BCUT2D eigenvalue weighted by Crippen LogP contribution is -2.06. The summed E-state index contributed by atoms with van der Waals surface area (Å²) >= 11 is 5.88. The number of ether oxygens (including phenoxy) is 1. The van der Waals surface area contributed by atoms with E-state index < -0.39 is 11.8 Å². The van der Waals surface area contributed by atoms with Gasteiger partial charge in [-0.2, -0.15) is 4.98 Å². The molecule has 0 fully saturated rings. The zero-order chi connectivity index (χ0) is 13.8. The molecule has 2 aromatic rings. The smallest absolute Gasteiger partial charge is 0.379 e. The van der Waals surface area contributed by atoms with E-state index in [1.54, 1.807) is 13.0 Å². The Labute approximate surface area is 113 Å². The maximum absolute atomic E-state index is 13.6. The molecular formula is C12H10ClFN2O3. The molecule has 0 saturated carbocycles. The average Bonchev–Trinajstić information content (AvgIpc) is 2.83. The Morgan fingerprint density at radius 2 is 2.32 bits per heavy atom. The zero-order valence-electron chi connectivity index (χ0n) is 10.0. The molecule has 0 atom stereocenters. The van der Waals surface area contributed by atoms with E-state index in [0.29, 0.717) is 0 Å². The second-order valence-electron chi connectivity index (χ2n) is 3.61. The Kier molecular flexibility index (Phi) is 4.11. The average molecular weight is 285 g/mol. The Bertz CT molecular complexity index is 580. The highest BCUT2D eigenvalue weighted by atomic mass is 35.5. The van der Waals surface area contributed by atoms with Crippen LogP contribution in [0, 0.1) is 5.82 Å². The standard InChI is InChI=1S/C12H10ClFN2O3/c1-2-18-12(17)11-15-10(19-16-11)6-7-8(13)4-3-5-9(7)14/h3-5H,2,6H2,1H3. The van der Waals surface area contributed by atoms with Gasteiger partial charge in [0, 0.05) is 10.6 Å². The Morgan fingerprint density at radius 1 is 1.53 bits per heavy atom. The second kappa shape index (κ2) is 5.79. The van der Waals surface area contributed by atoms with Crippen LogP contribution in [0.1, 0.15) is 29.0 Å². The van der Waals surface area contributed by atoms with E-state index in [2.05, 4.69) is 10.1 Å². The van der Waals surface area contributed by atoms with Crippen molar-refractivity contribution in [2.45, 2.75) is 13.3 Å². The molecule has 0 aliphatic carbocycles. The quantitative estimate of drug-likeness (QED) is 0.808. The number of nitrogens with zero attached hydrogens (tertiary/aromatic N) is 2. The molecule has 19 heavy (non-hydrogen) atoms. The molecule has 0 unspecified atom stereocenters. The first-order valence-electron chi connectivity index (χ1n) is 5.54. The number of carbonyl (C=O) groups excluding carboxylic acids is 1. The third-order valence-electron chi connectivity index (χ3n) is 2.32. The predicted octanol–water partition coefficient (Wildman–Crippen LogP) is 2.63. The number of halogens is 2. The third-order valence-corrected chi connectivity index (χ3v) is 2.67. The molecule has 0 saturated heterocycles. The number of carbonyl (C=O) groups is 1. The van der Waals surface area contributed by atoms with Crippen LogP contribution in [0.3, 0.4) is 0 Å². The highest BCUT2D eigenvalue weighted by molar-refractivity contribution is 6.31. The van der Waals surface area contributed by atoms with E-state index in [-0.39, 0.29) is 35.3 Å². The molecule has 0 amide bonds. The first-order valence-corrected chi connectivity index (χ1v) is 5.92. The van der Waals surface area contributed by atoms with Crippen molar-refractivity contribution in [3.8, 4) is 0 Å². The summed E-state index contributed by atoms with van der Waals surface area (Å²) in [5.41, 5.74) is 0.239. The molecule has 7 heteroatoms. The Morgan fingerprint density at radius 3 is 3.00 bits per heavy atom. The Balaban J connectivity index is 2.18. The van der Waals surface area contributed by atoms with Gasteiger partial charge in [0.15, 0.2) is 0 Å². The zero-order valence-corrected chi connectivity index (χ0v) is 10.8. The van der Waals surface area contributed by atoms with Gasteiger partial charge in [-0.25, -0.2) is 9.18 Å². The molecular weight excluding hydrogens is 275 g/mol. The van der Waals surface area contributed by atoms with E-state index >= 15 is 0 Å². The fourth-order valence-corrected chi connectivity index (χ4v) is 1.69. The highest BCUT2D eigenvalue weighted by Gasteiger charge is 2.17. The van der Waals surface area contributed by atoms with Crippen LogP contribution < -0.4 is 0 Å². The summed E-state index contributed by atoms with van der Waals surface area (Å²) in [6.07, 6.45) is 0.0118. The van der Waals surface area contributed by atoms with Gasteiger partial charge in [-0.1, -0.05) is 17.7 Å². The molecule has 0 N–H and O–H groups in total. The van der Waals surface area contributed by atoms with Gasteiger partial charge >= 0.3 is 5.97 Å². The van der Waals surface area contributed by atoms with Gasteiger partial charge in [-0.05, 0) is 24.2 Å². The first kappa shape index (κ1) is 13.5. The summed E-state index contributed by atoms with van der Waals surface area (Å²) in [6, 6.07) is 4.34. The van der Waals surface area contributed by atoms with Crippen LogP contribution in [0.4, 0.5) is 4.39 Å². The van der Waals surface area contributed by atoms with Crippen LogP contribution in [0.5, 0.6) is 0 Å². The molecule has 1 heterocycles. The number of hydrogen-bond donors (Lipinski definition) is 0. The van der Waals surface area contributed by atoms with Gasteiger partial charge in [0.1, 0.15) is 5.82 Å². The molecule has 2 rings (SSSR count). The summed E-state index contributed by atoms with van der Waals surface area (Å²) in [4.78, 5) is 15.2. The number of hydrogen-bond acceptors (Lipinski definition) is 5. The minimum Gasteiger partial charge on any atom is -0.460 e. The molecule has 0 radical (unpaired) electrons. The van der Waals surface area contributed by atoms with E-state index in [0.717, 1.165) is 0 Å². The number of esters is 1. The summed E-state index contributed by atoms with van der Waals surface area (Å²) < 4.78 is 23.1. The molecule has 1 aromatic carbocycles. The first-order chi connectivity index (χ1) is 9.11. The summed E-state index contributed by atoms with van der Waals surface area (Å²) in [5.74, 6) is -1.25. The minimum absolute atomic E-state index is 0.0118. The fraction of sp³-hybridized carbons (Fsp3) is 0.250. The topological polar surface area (TPSA) is 65.2 Å². The molecule has 0 aliphatic heterocycles. The van der Waals surface area contributed by atoms with Crippen molar-refractivity contribution in [1.82, 2.24) is 10.1 Å². The van der Waals surface area contributed by atoms with Gasteiger partial charge < -0.3 is 9.26 Å². The molecule has 5 nitrogen and oxygen atoms in total. The third kappa shape index (κ3) is 3.08. The lowest BCUT2D eigenvalue weighted by atomic mass is 10.1. The van der Waals surface area contributed by atoms with Gasteiger partial charge in [-0.15, -0.1) is 0 Å². The lowest BCUT2D eigenvalue weighted by molar-refractivity contribution is 0.0508. The van der Waals surface area contributed by atoms with Gasteiger partial charge in [0.05, 0.1) is 13.0 Å².